The van der Waals surface area contributed by atoms with Gasteiger partial charge in [-0.2, -0.15) is 0 Å². The number of hydrogen-bond acceptors (Lipinski definition) is 1. The number of nitrogens with two attached hydrogens (primary N) is 1. The van der Waals surface area contributed by atoms with Gasteiger partial charge >= 0.3 is 0 Å². The first-order chi connectivity index (χ1) is 5.40. The summed E-state index contributed by atoms with van der Waals surface area (Å²) in [6.45, 7) is 0. The molecule has 3 aliphatic rings. The molecule has 4 unspecified atom stereocenters. The lowest BCUT2D eigenvalue weighted by Gasteiger charge is -2.44. The maximum atomic E-state index is 5.61. The Kier molecular flexibility index (Phi) is 1.01. The molecule has 0 aliphatic heterocycles. The number of hydrogen-bond donors (Lipinski definition) is 1. The summed E-state index contributed by atoms with van der Waals surface area (Å²) in [6.07, 6.45) is 7.81. The number of rotatable bonds is 0. The molecule has 1 nitrogen and oxygen atoms in total. The van der Waals surface area contributed by atoms with Crippen molar-refractivity contribution in [1.82, 2.24) is 0 Å². The van der Waals surface area contributed by atoms with Crippen LogP contribution >= 0.6 is 0 Å². The quantitative estimate of drug-likeness (QED) is 0.559. The standard InChI is InChI=1S/C10H15N/c11-5-10-7-2-1-6-3-8(7)9(10)4-6/h5-9H,1-4,11H2/b10-5+. The lowest BCUT2D eigenvalue weighted by atomic mass is 9.60. The van der Waals surface area contributed by atoms with E-state index in [-0.39, 0.29) is 0 Å². The highest BCUT2D eigenvalue weighted by atomic mass is 14.6. The first kappa shape index (κ1) is 6.10. The molecular formula is C10H15N. The monoisotopic (exact) mass is 149 g/mol. The molecule has 4 atom stereocenters. The molecule has 0 heterocycles. The molecule has 0 aromatic rings. The van der Waals surface area contributed by atoms with Crippen molar-refractivity contribution in [3.8, 4) is 0 Å². The Morgan fingerprint density at radius 1 is 1.18 bits per heavy atom. The van der Waals surface area contributed by atoms with Crippen LogP contribution in [0.25, 0.3) is 0 Å². The second kappa shape index (κ2) is 1.82. The Balaban J connectivity index is 1.97. The Hall–Kier alpha value is -0.460. The fourth-order valence-corrected chi connectivity index (χ4v) is 3.69. The van der Waals surface area contributed by atoms with Gasteiger partial charge in [0.2, 0.25) is 0 Å². The van der Waals surface area contributed by atoms with Crippen molar-refractivity contribution < 1.29 is 0 Å². The molecule has 0 spiro atoms. The smallest absolute Gasteiger partial charge is 0.00646 e. The van der Waals surface area contributed by atoms with Gasteiger partial charge in [0.1, 0.15) is 0 Å². The van der Waals surface area contributed by atoms with Crippen LogP contribution < -0.4 is 5.73 Å². The lowest BCUT2D eigenvalue weighted by molar-refractivity contribution is 0.173. The zero-order valence-electron chi connectivity index (χ0n) is 6.79. The molecule has 3 fully saturated rings. The van der Waals surface area contributed by atoms with Crippen molar-refractivity contribution in [3.05, 3.63) is 11.8 Å². The van der Waals surface area contributed by atoms with Crippen LogP contribution in [0.15, 0.2) is 11.8 Å². The van der Waals surface area contributed by atoms with E-state index in [0.717, 1.165) is 23.7 Å². The highest BCUT2D eigenvalue weighted by Gasteiger charge is 2.53. The van der Waals surface area contributed by atoms with Crippen LogP contribution in [0.3, 0.4) is 0 Å². The molecule has 2 N–H and O–H groups in total. The average Bonchev–Trinajstić information content (AvgIpc) is 2.20. The van der Waals surface area contributed by atoms with Crippen molar-refractivity contribution >= 4 is 0 Å². The molecule has 3 saturated carbocycles. The van der Waals surface area contributed by atoms with E-state index in [1.165, 1.54) is 25.7 Å². The van der Waals surface area contributed by atoms with Gasteiger partial charge in [-0.1, -0.05) is 0 Å². The zero-order valence-corrected chi connectivity index (χ0v) is 6.79. The van der Waals surface area contributed by atoms with Gasteiger partial charge in [-0.3, -0.25) is 0 Å². The summed E-state index contributed by atoms with van der Waals surface area (Å²) < 4.78 is 0. The van der Waals surface area contributed by atoms with Crippen molar-refractivity contribution in [2.24, 2.45) is 29.4 Å². The molecule has 3 rings (SSSR count). The molecular weight excluding hydrogens is 134 g/mol. The van der Waals surface area contributed by atoms with Gasteiger partial charge in [0.25, 0.3) is 0 Å². The summed E-state index contributed by atoms with van der Waals surface area (Å²) in [5.74, 6) is 3.98. The van der Waals surface area contributed by atoms with Crippen LogP contribution in [0, 0.1) is 23.7 Å². The Labute approximate surface area is 67.7 Å². The van der Waals surface area contributed by atoms with Crippen molar-refractivity contribution in [1.29, 1.82) is 0 Å². The fraction of sp³-hybridized carbons (Fsp3) is 0.800. The third-order valence-corrected chi connectivity index (χ3v) is 4.16. The van der Waals surface area contributed by atoms with E-state index in [9.17, 15) is 0 Å². The van der Waals surface area contributed by atoms with E-state index in [1.807, 2.05) is 6.20 Å². The van der Waals surface area contributed by atoms with Gasteiger partial charge in [0.15, 0.2) is 0 Å². The van der Waals surface area contributed by atoms with E-state index >= 15 is 0 Å². The molecule has 0 radical (unpaired) electrons. The minimum Gasteiger partial charge on any atom is -0.405 e. The summed E-state index contributed by atoms with van der Waals surface area (Å²) in [7, 11) is 0. The third kappa shape index (κ3) is 0.582. The second-order valence-corrected chi connectivity index (χ2v) is 4.46. The SMILES string of the molecule is N/C=C1\C2CCC3CC1C2C3. The fourth-order valence-electron chi connectivity index (χ4n) is 3.69. The van der Waals surface area contributed by atoms with Crippen LogP contribution in [0.5, 0.6) is 0 Å². The Bertz CT molecular complexity index is 211. The molecule has 0 saturated heterocycles. The van der Waals surface area contributed by atoms with E-state index in [4.69, 9.17) is 5.73 Å². The number of fused-ring (bicyclic) bond motifs is 1. The summed E-state index contributed by atoms with van der Waals surface area (Å²) in [5, 5.41) is 0. The molecule has 11 heavy (non-hydrogen) atoms. The Morgan fingerprint density at radius 3 is 2.91 bits per heavy atom. The molecule has 2 bridgehead atoms. The van der Waals surface area contributed by atoms with Crippen LogP contribution in [0.2, 0.25) is 0 Å². The van der Waals surface area contributed by atoms with Crippen molar-refractivity contribution in [2.45, 2.75) is 25.7 Å². The van der Waals surface area contributed by atoms with Gasteiger partial charge in [-0.25, -0.2) is 0 Å². The van der Waals surface area contributed by atoms with E-state index < -0.39 is 0 Å². The van der Waals surface area contributed by atoms with Gasteiger partial charge in [-0.15, -0.1) is 0 Å². The third-order valence-electron chi connectivity index (χ3n) is 4.16. The summed E-state index contributed by atoms with van der Waals surface area (Å²) in [6, 6.07) is 0. The second-order valence-electron chi connectivity index (χ2n) is 4.46. The average molecular weight is 149 g/mol. The van der Waals surface area contributed by atoms with Gasteiger partial charge in [0, 0.05) is 0 Å². The molecule has 0 aromatic heterocycles. The minimum atomic E-state index is 0.920. The van der Waals surface area contributed by atoms with Crippen LogP contribution in [-0.4, -0.2) is 0 Å². The first-order valence-corrected chi connectivity index (χ1v) is 4.82. The molecule has 0 amide bonds. The summed E-state index contributed by atoms with van der Waals surface area (Å²) in [4.78, 5) is 0. The van der Waals surface area contributed by atoms with Gasteiger partial charge in [0.05, 0.1) is 0 Å². The maximum Gasteiger partial charge on any atom is -0.00646 e. The molecule has 3 aliphatic carbocycles. The predicted octanol–water partition coefficient (Wildman–Crippen LogP) is 1.90. The number of allylic oxidation sites excluding steroid dienone is 1. The molecule has 60 valence electrons. The topological polar surface area (TPSA) is 26.0 Å². The molecule has 0 aromatic carbocycles. The van der Waals surface area contributed by atoms with E-state index in [1.54, 1.807) is 5.57 Å². The minimum absolute atomic E-state index is 0.920. The van der Waals surface area contributed by atoms with Gasteiger partial charge < -0.3 is 5.73 Å². The van der Waals surface area contributed by atoms with E-state index in [2.05, 4.69) is 0 Å². The van der Waals surface area contributed by atoms with Crippen LogP contribution in [0.1, 0.15) is 25.7 Å². The Morgan fingerprint density at radius 2 is 2.09 bits per heavy atom. The highest BCUT2D eigenvalue weighted by molar-refractivity contribution is 5.27. The first-order valence-electron chi connectivity index (χ1n) is 4.82. The summed E-state index contributed by atoms with van der Waals surface area (Å²) in [5.41, 5.74) is 7.22. The lowest BCUT2D eigenvalue weighted by Crippen LogP contribution is -2.37. The van der Waals surface area contributed by atoms with Crippen molar-refractivity contribution in [2.75, 3.05) is 0 Å². The highest BCUT2D eigenvalue weighted by Crippen LogP contribution is 2.62. The van der Waals surface area contributed by atoms with E-state index in [0.29, 0.717) is 0 Å². The largest absolute Gasteiger partial charge is 0.405 e. The zero-order chi connectivity index (χ0) is 7.42. The van der Waals surface area contributed by atoms with Crippen LogP contribution in [0.4, 0.5) is 0 Å². The predicted molar refractivity (Wildman–Crippen MR) is 44.7 cm³/mol. The van der Waals surface area contributed by atoms with Gasteiger partial charge in [-0.05, 0) is 61.1 Å². The van der Waals surface area contributed by atoms with Crippen LogP contribution in [-0.2, 0) is 0 Å². The normalized spacial score (nSPS) is 56.2. The van der Waals surface area contributed by atoms with Crippen molar-refractivity contribution in [3.63, 3.8) is 0 Å². The maximum absolute atomic E-state index is 5.61. The summed E-state index contributed by atoms with van der Waals surface area (Å²) >= 11 is 0. The molecule has 1 heteroatoms.